The maximum Gasteiger partial charge on any atom is 0.187 e. The third kappa shape index (κ3) is 7.37. The zero-order chi connectivity index (χ0) is 42.5. The van der Waals surface area contributed by atoms with E-state index in [1.165, 1.54) is 21.9 Å². The number of fused-ring (bicyclic) bond motifs is 3. The Morgan fingerprint density at radius 2 is 1.02 bits per heavy atom. The first-order chi connectivity index (χ1) is 29.4. The number of benzene rings is 7. The first-order valence-electron chi connectivity index (χ1n) is 20.7. The first kappa shape index (κ1) is 38.9. The van der Waals surface area contributed by atoms with Crippen molar-refractivity contribution in [2.24, 2.45) is 0 Å². The lowest BCUT2D eigenvalue weighted by Crippen LogP contribution is -2.10. The van der Waals surface area contributed by atoms with Crippen molar-refractivity contribution >= 4 is 27.5 Å². The van der Waals surface area contributed by atoms with Gasteiger partial charge >= 0.3 is 0 Å². The van der Waals surface area contributed by atoms with Crippen molar-refractivity contribution in [3.8, 4) is 67.9 Å². The van der Waals surface area contributed by atoms with Crippen LogP contribution in [0.4, 0.5) is 5.69 Å². The molecule has 9 aromatic rings. The third-order valence-corrected chi connectivity index (χ3v) is 11.5. The summed E-state index contributed by atoms with van der Waals surface area (Å²) >= 11 is 0. The molecule has 294 valence electrons. The van der Waals surface area contributed by atoms with E-state index in [-0.39, 0.29) is 10.8 Å². The zero-order valence-electron chi connectivity index (χ0n) is 35.3. The van der Waals surface area contributed by atoms with E-state index in [4.69, 9.17) is 16.5 Å². The van der Waals surface area contributed by atoms with Crippen molar-refractivity contribution in [2.45, 2.75) is 52.4 Å². The molecule has 0 amide bonds. The van der Waals surface area contributed by atoms with Crippen LogP contribution in [0.1, 0.15) is 58.2 Å². The van der Waals surface area contributed by atoms with E-state index in [2.05, 4.69) is 136 Å². The Labute approximate surface area is 358 Å². The SMILES string of the molecule is [C-]#[N+]c1cccc(-c2cc(-c3cc(-c4ccccc4)nc(-c4ccccc4)n3)cc(-c3cccc(C#N)c3)c2-n2c3ccc(C(C)(C)C)cc3c3cc(C(C)(C)C)ccc32)c1. The normalized spacial score (nSPS) is 11.7. The molecule has 5 nitrogen and oxygen atoms in total. The Morgan fingerprint density at radius 1 is 0.508 bits per heavy atom. The van der Waals surface area contributed by atoms with E-state index < -0.39 is 0 Å². The van der Waals surface area contributed by atoms with Crippen molar-refractivity contribution in [3.63, 3.8) is 0 Å². The molecule has 0 aliphatic carbocycles. The van der Waals surface area contributed by atoms with Gasteiger partial charge in [0.25, 0.3) is 0 Å². The molecular formula is C56H45N5. The maximum atomic E-state index is 10.2. The lowest BCUT2D eigenvalue weighted by Gasteiger charge is -2.22. The van der Waals surface area contributed by atoms with Crippen molar-refractivity contribution in [3.05, 3.63) is 192 Å². The topological polar surface area (TPSA) is 58.9 Å². The summed E-state index contributed by atoms with van der Waals surface area (Å²) in [6, 6.07) is 58.6. The van der Waals surface area contributed by atoms with Crippen LogP contribution in [0.2, 0.25) is 0 Å². The van der Waals surface area contributed by atoms with Gasteiger partial charge in [0.1, 0.15) is 0 Å². The molecule has 0 saturated heterocycles. The summed E-state index contributed by atoms with van der Waals surface area (Å²) < 4.78 is 2.40. The van der Waals surface area contributed by atoms with E-state index in [9.17, 15) is 5.26 Å². The number of rotatable bonds is 6. The number of nitriles is 1. The average molecular weight is 788 g/mol. The summed E-state index contributed by atoms with van der Waals surface area (Å²) in [4.78, 5) is 14.2. The van der Waals surface area contributed by atoms with Crippen molar-refractivity contribution in [1.82, 2.24) is 14.5 Å². The molecule has 0 spiro atoms. The van der Waals surface area contributed by atoms with Crippen molar-refractivity contribution in [2.75, 3.05) is 0 Å². The van der Waals surface area contributed by atoms with Gasteiger partial charge < -0.3 is 4.57 Å². The number of hydrogen-bond donors (Lipinski definition) is 0. The van der Waals surface area contributed by atoms with Crippen LogP contribution in [0.15, 0.2) is 164 Å². The fourth-order valence-electron chi connectivity index (χ4n) is 8.23. The van der Waals surface area contributed by atoms with Crippen LogP contribution >= 0.6 is 0 Å². The van der Waals surface area contributed by atoms with E-state index in [1.807, 2.05) is 84.9 Å². The predicted molar refractivity (Wildman–Crippen MR) is 252 cm³/mol. The van der Waals surface area contributed by atoms with Gasteiger partial charge in [0.2, 0.25) is 0 Å². The van der Waals surface area contributed by atoms with Gasteiger partial charge in [0.15, 0.2) is 11.5 Å². The van der Waals surface area contributed by atoms with Crippen LogP contribution in [0.25, 0.3) is 88.5 Å². The summed E-state index contributed by atoms with van der Waals surface area (Å²) in [7, 11) is 0. The number of hydrogen-bond acceptors (Lipinski definition) is 3. The van der Waals surface area contributed by atoms with Gasteiger partial charge in [-0.25, -0.2) is 14.8 Å². The predicted octanol–water partition coefficient (Wildman–Crippen LogP) is 14.9. The maximum absolute atomic E-state index is 10.2. The van der Waals surface area contributed by atoms with Crippen molar-refractivity contribution < 1.29 is 0 Å². The smallest absolute Gasteiger partial charge is 0.187 e. The molecular weight excluding hydrogens is 743 g/mol. The highest BCUT2D eigenvalue weighted by atomic mass is 15.0. The van der Waals surface area contributed by atoms with E-state index in [0.717, 1.165) is 67.1 Å². The Balaban J connectivity index is 1.45. The Bertz CT molecular complexity index is 3010. The molecule has 5 heteroatoms. The summed E-state index contributed by atoms with van der Waals surface area (Å²) in [5, 5.41) is 12.6. The highest BCUT2D eigenvalue weighted by Gasteiger charge is 2.25. The standard InChI is InChI=1S/C56H45N5/c1-55(2,3)42-24-26-51-47(32-42)48-33-43(56(4,5)6)25-27-52(48)61(51)53-45(39-21-14-16-36(28-39)35-57)30-41(31-46(53)40-22-15-23-44(29-40)58-7)50-34-49(37-17-10-8-11-18-37)59-54(60-50)38-19-12-9-13-20-38/h8-34H,1-6H3. The van der Waals surface area contributed by atoms with Crippen LogP contribution in [0, 0.1) is 17.9 Å². The lowest BCUT2D eigenvalue weighted by molar-refractivity contribution is 0.590. The average Bonchev–Trinajstić information content (AvgIpc) is 3.61. The van der Waals surface area contributed by atoms with Gasteiger partial charge in [0.05, 0.1) is 46.3 Å². The molecule has 0 aliphatic rings. The van der Waals surface area contributed by atoms with Gasteiger partial charge in [-0.15, -0.1) is 0 Å². The molecule has 0 N–H and O–H groups in total. The lowest BCUT2D eigenvalue weighted by atomic mass is 9.85. The van der Waals surface area contributed by atoms with Crippen LogP contribution in [0.3, 0.4) is 0 Å². The number of nitrogens with zero attached hydrogens (tertiary/aromatic N) is 5. The highest BCUT2D eigenvalue weighted by Crippen LogP contribution is 2.46. The van der Waals surface area contributed by atoms with Crippen LogP contribution in [0.5, 0.6) is 0 Å². The molecule has 0 bridgehead atoms. The van der Waals surface area contributed by atoms with Gasteiger partial charge in [-0.3, -0.25) is 0 Å². The van der Waals surface area contributed by atoms with Crippen LogP contribution in [-0.2, 0) is 10.8 Å². The minimum Gasteiger partial charge on any atom is -0.308 e. The largest absolute Gasteiger partial charge is 0.308 e. The van der Waals surface area contributed by atoms with Gasteiger partial charge in [-0.05, 0) is 93.7 Å². The second-order valence-corrected chi connectivity index (χ2v) is 17.8. The minimum absolute atomic E-state index is 0.0606. The van der Waals surface area contributed by atoms with E-state index in [0.29, 0.717) is 17.1 Å². The van der Waals surface area contributed by atoms with Gasteiger partial charge in [0, 0.05) is 38.6 Å². The summed E-state index contributed by atoms with van der Waals surface area (Å²) in [6.45, 7) is 21.6. The monoisotopic (exact) mass is 787 g/mol. The van der Waals surface area contributed by atoms with Gasteiger partial charge in [-0.1, -0.05) is 145 Å². The second-order valence-electron chi connectivity index (χ2n) is 17.8. The second kappa shape index (κ2) is 15.2. The molecule has 0 fully saturated rings. The third-order valence-electron chi connectivity index (χ3n) is 11.5. The molecule has 2 heterocycles. The highest BCUT2D eigenvalue weighted by molar-refractivity contribution is 6.11. The van der Waals surface area contributed by atoms with E-state index in [1.54, 1.807) is 0 Å². The minimum atomic E-state index is -0.0606. The molecule has 61 heavy (non-hydrogen) atoms. The molecule has 0 aliphatic heterocycles. The first-order valence-corrected chi connectivity index (χ1v) is 20.7. The quantitative estimate of drug-likeness (QED) is 0.158. The van der Waals surface area contributed by atoms with E-state index >= 15 is 0 Å². The fraction of sp³-hybridized carbons (Fsp3) is 0.143. The molecule has 9 rings (SSSR count). The Hall–Kier alpha value is -7.60. The molecule has 2 aromatic heterocycles. The van der Waals surface area contributed by atoms with Gasteiger partial charge in [-0.2, -0.15) is 5.26 Å². The number of aromatic nitrogens is 3. The molecule has 0 atom stereocenters. The summed E-state index contributed by atoms with van der Waals surface area (Å²) in [5.41, 5.74) is 14.6. The molecule has 0 radical (unpaired) electrons. The molecule has 7 aromatic carbocycles. The summed E-state index contributed by atoms with van der Waals surface area (Å²) in [5.74, 6) is 0.623. The Morgan fingerprint density at radius 3 is 1.56 bits per heavy atom. The summed E-state index contributed by atoms with van der Waals surface area (Å²) in [6.07, 6.45) is 0. The van der Waals surface area contributed by atoms with Crippen molar-refractivity contribution in [1.29, 1.82) is 5.26 Å². The van der Waals surface area contributed by atoms with Crippen LogP contribution < -0.4 is 0 Å². The fourth-order valence-corrected chi connectivity index (χ4v) is 8.23. The molecule has 0 unspecified atom stereocenters. The zero-order valence-corrected chi connectivity index (χ0v) is 35.3. The Kier molecular flexibility index (Phi) is 9.70. The molecule has 0 saturated carbocycles. The van der Waals surface area contributed by atoms with Crippen LogP contribution in [-0.4, -0.2) is 14.5 Å².